The van der Waals surface area contributed by atoms with Crippen LogP contribution in [0.1, 0.15) is 30.0 Å². The van der Waals surface area contributed by atoms with Gasteiger partial charge in [-0.25, -0.2) is 9.18 Å². The molecule has 2 aliphatic rings. The highest BCUT2D eigenvalue weighted by atomic mass is 19.1. The van der Waals surface area contributed by atoms with Gasteiger partial charge in [0.25, 0.3) is 0 Å². The van der Waals surface area contributed by atoms with Gasteiger partial charge < -0.3 is 10.0 Å². The van der Waals surface area contributed by atoms with Crippen molar-refractivity contribution in [1.82, 2.24) is 9.80 Å². The number of aryl methyl sites for hydroxylation is 1. The number of nitrogens with zero attached hydrogens (tertiary/aromatic N) is 2. The Hall–Kier alpha value is -2.11. The summed E-state index contributed by atoms with van der Waals surface area (Å²) in [4.78, 5) is 26.4. The van der Waals surface area contributed by atoms with Crippen LogP contribution >= 0.6 is 0 Å². The summed E-state index contributed by atoms with van der Waals surface area (Å²) < 4.78 is 14.3. The zero-order valence-corrected chi connectivity index (χ0v) is 11.8. The molecule has 0 aliphatic carbocycles. The van der Waals surface area contributed by atoms with Crippen LogP contribution in [0.3, 0.4) is 0 Å². The molecule has 0 aromatic heterocycles. The van der Waals surface area contributed by atoms with E-state index in [0.717, 1.165) is 0 Å². The van der Waals surface area contributed by atoms with Crippen molar-refractivity contribution in [3.8, 4) is 0 Å². The van der Waals surface area contributed by atoms with Crippen molar-refractivity contribution in [2.75, 3.05) is 13.1 Å². The molecule has 1 N–H and O–H groups in total. The summed E-state index contributed by atoms with van der Waals surface area (Å²) in [7, 11) is 0. The van der Waals surface area contributed by atoms with E-state index in [4.69, 9.17) is 0 Å². The van der Waals surface area contributed by atoms with Crippen molar-refractivity contribution in [2.45, 2.75) is 31.8 Å². The molecule has 1 aromatic rings. The van der Waals surface area contributed by atoms with Crippen LogP contribution in [0.2, 0.25) is 0 Å². The number of halogens is 1. The summed E-state index contributed by atoms with van der Waals surface area (Å²) in [6.45, 7) is 2.38. The molecule has 112 valence electrons. The average Bonchev–Trinajstić information content (AvgIpc) is 2.80. The first-order chi connectivity index (χ1) is 10.0. The van der Waals surface area contributed by atoms with E-state index in [1.165, 1.54) is 11.0 Å². The third-order valence-corrected chi connectivity index (χ3v) is 4.47. The molecule has 0 saturated carbocycles. The van der Waals surface area contributed by atoms with Gasteiger partial charge in [-0.05, 0) is 25.0 Å². The van der Waals surface area contributed by atoms with Crippen LogP contribution in [0, 0.1) is 12.7 Å². The molecule has 21 heavy (non-hydrogen) atoms. The lowest BCUT2D eigenvalue weighted by Gasteiger charge is -2.44. The highest BCUT2D eigenvalue weighted by Crippen LogP contribution is 2.39. The first kappa shape index (κ1) is 13.9. The minimum atomic E-state index is -1.07. The Balaban J connectivity index is 2.09. The summed E-state index contributed by atoms with van der Waals surface area (Å²) in [5, 5.41) is 9.44. The molecule has 2 heterocycles. The van der Waals surface area contributed by atoms with E-state index in [9.17, 15) is 19.1 Å². The van der Waals surface area contributed by atoms with E-state index < -0.39 is 18.0 Å². The Labute approximate surface area is 122 Å². The minimum Gasteiger partial charge on any atom is -0.465 e. The lowest BCUT2D eigenvalue weighted by Crippen LogP contribution is -2.55. The Morgan fingerprint density at radius 1 is 1.38 bits per heavy atom. The summed E-state index contributed by atoms with van der Waals surface area (Å²) in [5.41, 5.74) is 1.11. The van der Waals surface area contributed by atoms with Crippen molar-refractivity contribution >= 4 is 12.0 Å². The van der Waals surface area contributed by atoms with Gasteiger partial charge in [-0.15, -0.1) is 0 Å². The predicted molar refractivity (Wildman–Crippen MR) is 73.3 cm³/mol. The number of piperazine rings is 1. The van der Waals surface area contributed by atoms with Crippen molar-refractivity contribution in [3.05, 3.63) is 35.1 Å². The van der Waals surface area contributed by atoms with E-state index in [2.05, 4.69) is 0 Å². The van der Waals surface area contributed by atoms with Crippen LogP contribution in [0.15, 0.2) is 18.2 Å². The predicted octanol–water partition coefficient (Wildman–Crippen LogP) is 2.16. The standard InChI is InChI=1S/C15H17FN2O3/c1-9-3-2-4-10(16)13(9)14-11-5-6-12(19)17(11)7-8-18(14)15(20)21/h2-4,11,14H,5-8H2,1H3,(H,20,21)/t11-,14+/m0/s1. The average molecular weight is 292 g/mol. The van der Waals surface area contributed by atoms with Gasteiger partial charge in [-0.2, -0.15) is 0 Å². The topological polar surface area (TPSA) is 60.9 Å². The Morgan fingerprint density at radius 2 is 2.14 bits per heavy atom. The number of amides is 2. The molecule has 5 nitrogen and oxygen atoms in total. The summed E-state index contributed by atoms with van der Waals surface area (Å²) in [6.07, 6.45) is -0.0925. The summed E-state index contributed by atoms with van der Waals surface area (Å²) in [5.74, 6) is -0.378. The van der Waals surface area contributed by atoms with Crippen LogP contribution in [0.4, 0.5) is 9.18 Å². The SMILES string of the molecule is Cc1cccc(F)c1[C@H]1[C@@H]2CCC(=O)N2CCN1C(=O)O. The van der Waals surface area contributed by atoms with Gasteiger partial charge in [0.2, 0.25) is 5.91 Å². The fourth-order valence-corrected chi connectivity index (χ4v) is 3.52. The van der Waals surface area contributed by atoms with Crippen molar-refractivity contribution < 1.29 is 19.1 Å². The maximum atomic E-state index is 14.3. The first-order valence-electron chi connectivity index (χ1n) is 7.04. The van der Waals surface area contributed by atoms with E-state index >= 15 is 0 Å². The molecule has 2 atom stereocenters. The van der Waals surface area contributed by atoms with Gasteiger partial charge in [-0.1, -0.05) is 12.1 Å². The lowest BCUT2D eigenvalue weighted by molar-refractivity contribution is -0.131. The van der Waals surface area contributed by atoms with Gasteiger partial charge in [0.05, 0.1) is 12.1 Å². The summed E-state index contributed by atoms with van der Waals surface area (Å²) in [6, 6.07) is 3.84. The number of hydrogen-bond acceptors (Lipinski definition) is 2. The van der Waals surface area contributed by atoms with E-state index in [1.54, 1.807) is 24.0 Å². The molecule has 2 aliphatic heterocycles. The Kier molecular flexibility index (Phi) is 3.31. The van der Waals surface area contributed by atoms with Crippen LogP contribution < -0.4 is 0 Å². The monoisotopic (exact) mass is 292 g/mol. The second kappa shape index (κ2) is 5.02. The molecule has 3 rings (SSSR count). The third-order valence-electron chi connectivity index (χ3n) is 4.47. The Morgan fingerprint density at radius 3 is 2.81 bits per heavy atom. The van der Waals surface area contributed by atoms with Gasteiger partial charge in [0.1, 0.15) is 5.82 Å². The van der Waals surface area contributed by atoms with Crippen molar-refractivity contribution in [1.29, 1.82) is 0 Å². The van der Waals surface area contributed by atoms with Crippen molar-refractivity contribution in [3.63, 3.8) is 0 Å². The fraction of sp³-hybridized carbons (Fsp3) is 0.467. The zero-order valence-electron chi connectivity index (χ0n) is 11.8. The number of carbonyl (C=O) groups excluding carboxylic acids is 1. The number of carbonyl (C=O) groups is 2. The molecule has 0 bridgehead atoms. The normalized spacial score (nSPS) is 25.1. The second-order valence-corrected chi connectivity index (χ2v) is 5.58. The number of benzene rings is 1. The molecular formula is C15H17FN2O3. The number of rotatable bonds is 1. The van der Waals surface area contributed by atoms with Crippen molar-refractivity contribution in [2.24, 2.45) is 0 Å². The molecule has 1 aromatic carbocycles. The number of carboxylic acid groups (broad SMARTS) is 1. The quantitative estimate of drug-likeness (QED) is 0.863. The summed E-state index contributed by atoms with van der Waals surface area (Å²) >= 11 is 0. The Bertz CT molecular complexity index is 584. The van der Waals surface area contributed by atoms with Crippen LogP contribution in [0.5, 0.6) is 0 Å². The fourth-order valence-electron chi connectivity index (χ4n) is 3.52. The molecule has 2 saturated heterocycles. The minimum absolute atomic E-state index is 0.0315. The van der Waals surface area contributed by atoms with Gasteiger partial charge in [0, 0.05) is 25.1 Å². The maximum Gasteiger partial charge on any atom is 0.407 e. The molecule has 6 heteroatoms. The number of hydrogen-bond donors (Lipinski definition) is 1. The van der Waals surface area contributed by atoms with E-state index in [1.807, 2.05) is 0 Å². The van der Waals surface area contributed by atoms with Gasteiger partial charge in [-0.3, -0.25) is 9.69 Å². The smallest absolute Gasteiger partial charge is 0.407 e. The largest absolute Gasteiger partial charge is 0.465 e. The van der Waals surface area contributed by atoms with E-state index in [0.29, 0.717) is 30.5 Å². The molecular weight excluding hydrogens is 275 g/mol. The van der Waals surface area contributed by atoms with Crippen LogP contribution in [0.25, 0.3) is 0 Å². The van der Waals surface area contributed by atoms with Gasteiger partial charge in [0.15, 0.2) is 0 Å². The molecule has 2 fully saturated rings. The second-order valence-electron chi connectivity index (χ2n) is 5.58. The third kappa shape index (κ3) is 2.14. The van der Waals surface area contributed by atoms with Crippen LogP contribution in [-0.2, 0) is 4.79 Å². The molecule has 0 radical (unpaired) electrons. The lowest BCUT2D eigenvalue weighted by atomic mass is 9.90. The maximum absolute atomic E-state index is 14.3. The zero-order chi connectivity index (χ0) is 15.1. The number of fused-ring (bicyclic) bond motifs is 1. The molecule has 0 unspecified atom stereocenters. The highest BCUT2D eigenvalue weighted by molar-refractivity contribution is 5.79. The first-order valence-corrected chi connectivity index (χ1v) is 7.04. The van der Waals surface area contributed by atoms with E-state index in [-0.39, 0.29) is 18.5 Å². The molecule has 2 amide bonds. The highest BCUT2D eigenvalue weighted by Gasteiger charge is 2.46. The van der Waals surface area contributed by atoms with Crippen LogP contribution in [-0.4, -0.2) is 46.0 Å². The van der Waals surface area contributed by atoms with Gasteiger partial charge >= 0.3 is 6.09 Å². The molecule has 0 spiro atoms.